The molecule has 0 radical (unpaired) electrons. The van der Waals surface area contributed by atoms with E-state index in [1.807, 2.05) is 21.1 Å². The Morgan fingerprint density at radius 2 is 1.63 bits per heavy atom. The van der Waals surface area contributed by atoms with Gasteiger partial charge in [0.2, 0.25) is 5.91 Å². The fourth-order valence-electron chi connectivity index (χ4n) is 5.20. The number of fused-ring (bicyclic) bond motifs is 1. The summed E-state index contributed by atoms with van der Waals surface area (Å²) < 4.78 is 0. The van der Waals surface area contributed by atoms with Crippen molar-refractivity contribution in [2.75, 3.05) is 39.3 Å². The lowest BCUT2D eigenvalue weighted by Crippen LogP contribution is -2.51. The Morgan fingerprint density at radius 1 is 0.914 bits per heavy atom. The first-order valence-electron chi connectivity index (χ1n) is 12.2. The first kappa shape index (κ1) is 24.0. The maximum absolute atomic E-state index is 13.1. The molecule has 35 heavy (non-hydrogen) atoms. The maximum atomic E-state index is 13.1. The molecular weight excluding hydrogens is 478 g/mol. The number of halogens is 1. The van der Waals surface area contributed by atoms with Gasteiger partial charge in [-0.1, -0.05) is 35.9 Å². The maximum Gasteiger partial charge on any atom is 0.253 e. The summed E-state index contributed by atoms with van der Waals surface area (Å²) in [6.45, 7) is 6.13. The molecule has 182 valence electrons. The van der Waals surface area contributed by atoms with Crippen LogP contribution in [0.15, 0.2) is 60.0 Å². The van der Waals surface area contributed by atoms with Crippen molar-refractivity contribution < 1.29 is 9.59 Å². The summed E-state index contributed by atoms with van der Waals surface area (Å²) >= 11 is 7.78. The van der Waals surface area contributed by atoms with Crippen molar-refractivity contribution in [1.82, 2.24) is 14.7 Å². The summed E-state index contributed by atoms with van der Waals surface area (Å²) in [6.07, 6.45) is 1.53. The number of carbonyl (C=O) groups is 2. The van der Waals surface area contributed by atoms with Crippen molar-refractivity contribution in [3.63, 3.8) is 0 Å². The molecule has 5 rings (SSSR count). The largest absolute Gasteiger partial charge is 0.339 e. The average molecular weight is 508 g/mol. The third-order valence-corrected chi connectivity index (χ3v) is 8.42. The van der Waals surface area contributed by atoms with Crippen LogP contribution in [0.5, 0.6) is 0 Å². The highest BCUT2D eigenvalue weighted by Gasteiger charge is 2.31. The van der Waals surface area contributed by atoms with Crippen LogP contribution in [0, 0.1) is 6.92 Å². The van der Waals surface area contributed by atoms with Crippen LogP contribution in [0.3, 0.4) is 0 Å². The second-order valence-corrected chi connectivity index (χ2v) is 10.7. The molecule has 3 heterocycles. The monoisotopic (exact) mass is 507 g/mol. The van der Waals surface area contributed by atoms with E-state index in [1.54, 1.807) is 24.3 Å². The summed E-state index contributed by atoms with van der Waals surface area (Å²) in [6, 6.07) is 18.0. The number of aryl methyl sites for hydroxylation is 1. The van der Waals surface area contributed by atoms with Crippen molar-refractivity contribution in [2.24, 2.45) is 0 Å². The van der Waals surface area contributed by atoms with E-state index in [2.05, 4.69) is 47.5 Å². The van der Waals surface area contributed by atoms with E-state index in [4.69, 9.17) is 11.6 Å². The lowest BCUT2D eigenvalue weighted by molar-refractivity contribution is -0.133. The summed E-state index contributed by atoms with van der Waals surface area (Å²) in [5, 5.41) is 2.81. The standard InChI is InChI=1S/C28H30ClN3O2S/c1-20-4-2-3-5-23(20)27-24-12-19-35-25(24)10-13-31(27)14-11-26(33)30-15-17-32(18-16-30)28(34)21-6-8-22(29)9-7-21/h2-9,12,19,27H,10-11,13-18H2,1H3. The molecule has 1 saturated heterocycles. The summed E-state index contributed by atoms with van der Waals surface area (Å²) in [5.41, 5.74) is 4.63. The highest BCUT2D eigenvalue weighted by molar-refractivity contribution is 7.10. The summed E-state index contributed by atoms with van der Waals surface area (Å²) in [7, 11) is 0. The van der Waals surface area contributed by atoms with Crippen molar-refractivity contribution >= 4 is 34.8 Å². The molecule has 0 saturated carbocycles. The topological polar surface area (TPSA) is 43.9 Å². The molecule has 0 aliphatic carbocycles. The zero-order chi connectivity index (χ0) is 24.4. The lowest BCUT2D eigenvalue weighted by Gasteiger charge is -2.38. The van der Waals surface area contributed by atoms with E-state index in [0.717, 1.165) is 19.5 Å². The van der Waals surface area contributed by atoms with Gasteiger partial charge >= 0.3 is 0 Å². The van der Waals surface area contributed by atoms with Gasteiger partial charge in [-0.3, -0.25) is 14.5 Å². The number of hydrogen-bond acceptors (Lipinski definition) is 4. The van der Waals surface area contributed by atoms with Gasteiger partial charge in [0.05, 0.1) is 6.04 Å². The molecule has 1 atom stereocenters. The Morgan fingerprint density at radius 3 is 2.37 bits per heavy atom. The minimum atomic E-state index is -0.00489. The molecule has 5 nitrogen and oxygen atoms in total. The van der Waals surface area contributed by atoms with E-state index in [1.165, 1.54) is 21.6 Å². The highest BCUT2D eigenvalue weighted by atomic mass is 35.5. The molecule has 0 bridgehead atoms. The smallest absolute Gasteiger partial charge is 0.253 e. The molecule has 2 aliphatic heterocycles. The normalized spacial score (nSPS) is 18.4. The molecule has 0 N–H and O–H groups in total. The number of benzene rings is 2. The Bertz CT molecular complexity index is 1200. The van der Waals surface area contributed by atoms with E-state index < -0.39 is 0 Å². The lowest BCUT2D eigenvalue weighted by atomic mass is 9.90. The molecule has 0 spiro atoms. The Kier molecular flexibility index (Phi) is 7.23. The molecular formula is C28H30ClN3O2S. The van der Waals surface area contributed by atoms with Crippen LogP contribution in [-0.2, 0) is 11.2 Å². The molecule has 7 heteroatoms. The zero-order valence-electron chi connectivity index (χ0n) is 20.0. The Balaban J connectivity index is 1.20. The Hall–Kier alpha value is -2.67. The van der Waals surface area contributed by atoms with E-state index in [0.29, 0.717) is 43.2 Å². The van der Waals surface area contributed by atoms with Gasteiger partial charge in [-0.05, 0) is 65.7 Å². The Labute approximate surface area is 215 Å². The number of thiophene rings is 1. The van der Waals surface area contributed by atoms with Crippen LogP contribution in [0.25, 0.3) is 0 Å². The summed E-state index contributed by atoms with van der Waals surface area (Å²) in [5.74, 6) is 0.165. The third kappa shape index (κ3) is 5.15. The van der Waals surface area contributed by atoms with E-state index in [9.17, 15) is 9.59 Å². The van der Waals surface area contributed by atoms with Gasteiger partial charge in [-0.15, -0.1) is 11.3 Å². The zero-order valence-corrected chi connectivity index (χ0v) is 21.5. The minimum absolute atomic E-state index is 0.00489. The average Bonchev–Trinajstić information content (AvgIpc) is 3.37. The minimum Gasteiger partial charge on any atom is -0.339 e. The van der Waals surface area contributed by atoms with Crippen molar-refractivity contribution in [3.8, 4) is 0 Å². The number of hydrogen-bond donors (Lipinski definition) is 0. The third-order valence-electron chi connectivity index (χ3n) is 7.17. The van der Waals surface area contributed by atoms with Crippen LogP contribution < -0.4 is 0 Å². The van der Waals surface area contributed by atoms with Gasteiger partial charge in [0, 0.05) is 61.2 Å². The van der Waals surface area contributed by atoms with Gasteiger partial charge in [0.15, 0.2) is 0 Å². The SMILES string of the molecule is Cc1ccccc1C1c2ccsc2CCN1CCC(=O)N1CCN(C(=O)c2ccc(Cl)cc2)CC1. The second-order valence-electron chi connectivity index (χ2n) is 9.27. The number of carbonyl (C=O) groups excluding carboxylic acids is 2. The van der Waals surface area contributed by atoms with Crippen LogP contribution in [0.2, 0.25) is 5.02 Å². The molecule has 3 aromatic rings. The number of rotatable bonds is 5. The van der Waals surface area contributed by atoms with Crippen LogP contribution in [-0.4, -0.2) is 65.8 Å². The molecule has 1 aromatic heterocycles. The fourth-order valence-corrected chi connectivity index (χ4v) is 6.23. The van der Waals surface area contributed by atoms with Gasteiger partial charge in [0.25, 0.3) is 5.91 Å². The van der Waals surface area contributed by atoms with Crippen molar-refractivity contribution in [2.45, 2.75) is 25.8 Å². The van der Waals surface area contributed by atoms with E-state index >= 15 is 0 Å². The van der Waals surface area contributed by atoms with E-state index in [-0.39, 0.29) is 17.9 Å². The molecule has 2 aromatic carbocycles. The number of nitrogens with zero attached hydrogens (tertiary/aromatic N) is 3. The molecule has 1 fully saturated rings. The van der Waals surface area contributed by atoms with Crippen molar-refractivity contribution in [3.05, 3.63) is 92.1 Å². The van der Waals surface area contributed by atoms with Crippen molar-refractivity contribution in [1.29, 1.82) is 0 Å². The van der Waals surface area contributed by atoms with Gasteiger partial charge in [-0.2, -0.15) is 0 Å². The fraction of sp³-hybridized carbons (Fsp3) is 0.357. The van der Waals surface area contributed by atoms with Crippen LogP contribution >= 0.6 is 22.9 Å². The number of piperazine rings is 1. The van der Waals surface area contributed by atoms with Gasteiger partial charge in [-0.25, -0.2) is 0 Å². The van der Waals surface area contributed by atoms with Crippen LogP contribution in [0.1, 0.15) is 44.4 Å². The van der Waals surface area contributed by atoms with Gasteiger partial charge < -0.3 is 9.80 Å². The first-order chi connectivity index (χ1) is 17.0. The number of amides is 2. The molecule has 2 amide bonds. The predicted octanol–water partition coefficient (Wildman–Crippen LogP) is 5.03. The van der Waals surface area contributed by atoms with Crippen LogP contribution in [0.4, 0.5) is 0 Å². The van der Waals surface area contributed by atoms with Gasteiger partial charge in [0.1, 0.15) is 0 Å². The molecule has 2 aliphatic rings. The highest BCUT2D eigenvalue weighted by Crippen LogP contribution is 2.38. The second kappa shape index (κ2) is 10.5. The first-order valence-corrected chi connectivity index (χ1v) is 13.5. The quantitative estimate of drug-likeness (QED) is 0.486. The summed E-state index contributed by atoms with van der Waals surface area (Å²) in [4.78, 5) is 33.5. The predicted molar refractivity (Wildman–Crippen MR) is 141 cm³/mol. The molecule has 1 unspecified atom stereocenters.